The predicted molar refractivity (Wildman–Crippen MR) is 73.4 cm³/mol. The van der Waals surface area contributed by atoms with Crippen LogP contribution in [0.5, 0.6) is 17.2 Å². The van der Waals surface area contributed by atoms with Gasteiger partial charge in [-0.1, -0.05) is 0 Å². The van der Waals surface area contributed by atoms with Crippen LogP contribution in [0.1, 0.15) is 18.9 Å². The molecule has 3 rings (SSSR count). The monoisotopic (exact) mass is 275 g/mol. The highest BCUT2D eigenvalue weighted by Gasteiger charge is 2.28. The summed E-state index contributed by atoms with van der Waals surface area (Å²) in [4.78, 5) is 0. The summed E-state index contributed by atoms with van der Waals surface area (Å²) in [5, 5.41) is 8.24. The molecule has 0 aliphatic heterocycles. The molecule has 0 bridgehead atoms. The lowest BCUT2D eigenvalue weighted by molar-refractivity contribution is 0.325. The number of methoxy groups -OCH3 is 3. The van der Waals surface area contributed by atoms with Crippen molar-refractivity contribution >= 4 is 0 Å². The molecule has 1 fully saturated rings. The van der Waals surface area contributed by atoms with E-state index in [2.05, 4.69) is 14.8 Å². The summed E-state index contributed by atoms with van der Waals surface area (Å²) in [6.45, 7) is 0. The van der Waals surface area contributed by atoms with Crippen LogP contribution in [0.4, 0.5) is 0 Å². The van der Waals surface area contributed by atoms with E-state index in [1.165, 1.54) is 12.8 Å². The van der Waals surface area contributed by atoms with Crippen LogP contribution < -0.4 is 14.2 Å². The molecule has 1 heterocycles. The highest BCUT2D eigenvalue weighted by Crippen LogP contribution is 2.45. The number of benzene rings is 1. The second kappa shape index (κ2) is 5.03. The minimum absolute atomic E-state index is 0.498. The Bertz CT molecular complexity index is 620. The Morgan fingerprint density at radius 1 is 1.05 bits per heavy atom. The Kier molecular flexibility index (Phi) is 3.22. The largest absolute Gasteiger partial charge is 0.493 e. The van der Waals surface area contributed by atoms with Crippen molar-refractivity contribution in [1.29, 1.82) is 0 Å². The third-order valence-corrected chi connectivity index (χ3v) is 3.46. The molecule has 0 amide bonds. The van der Waals surface area contributed by atoms with Crippen LogP contribution in [-0.4, -0.2) is 36.1 Å². The van der Waals surface area contributed by atoms with Crippen LogP contribution in [0.2, 0.25) is 0 Å². The molecule has 106 valence electrons. The molecule has 0 unspecified atom stereocenters. The molecule has 20 heavy (non-hydrogen) atoms. The van der Waals surface area contributed by atoms with Gasteiger partial charge in [0.05, 0.1) is 26.9 Å². The van der Waals surface area contributed by atoms with E-state index in [1.807, 2.05) is 12.1 Å². The topological polar surface area (TPSA) is 58.4 Å². The number of nitrogens with zero attached hydrogens (tertiary/aromatic N) is 3. The minimum atomic E-state index is 0.498. The number of ether oxygens (including phenoxy) is 3. The molecule has 1 aliphatic rings. The molecule has 0 spiro atoms. The van der Waals surface area contributed by atoms with Crippen molar-refractivity contribution in [3.05, 3.63) is 18.5 Å². The smallest absolute Gasteiger partial charge is 0.204 e. The van der Waals surface area contributed by atoms with Gasteiger partial charge in [-0.25, -0.2) is 0 Å². The first-order valence-corrected chi connectivity index (χ1v) is 6.49. The average molecular weight is 275 g/mol. The van der Waals surface area contributed by atoms with Gasteiger partial charge in [-0.2, -0.15) is 0 Å². The molecule has 1 aromatic carbocycles. The molecule has 0 N–H and O–H groups in total. The van der Waals surface area contributed by atoms with Crippen molar-refractivity contribution in [3.63, 3.8) is 0 Å². The zero-order valence-electron chi connectivity index (χ0n) is 11.8. The summed E-state index contributed by atoms with van der Waals surface area (Å²) >= 11 is 0. The van der Waals surface area contributed by atoms with Gasteiger partial charge in [-0.15, -0.1) is 10.2 Å². The van der Waals surface area contributed by atoms with Crippen LogP contribution in [0.3, 0.4) is 0 Å². The maximum Gasteiger partial charge on any atom is 0.204 e. The quantitative estimate of drug-likeness (QED) is 0.838. The molecular formula is C14H17N3O3. The third kappa shape index (κ3) is 1.97. The maximum absolute atomic E-state index is 5.50. The third-order valence-electron chi connectivity index (χ3n) is 3.46. The van der Waals surface area contributed by atoms with E-state index in [0.29, 0.717) is 23.3 Å². The van der Waals surface area contributed by atoms with Crippen LogP contribution in [-0.2, 0) is 0 Å². The number of aromatic nitrogens is 3. The van der Waals surface area contributed by atoms with E-state index in [1.54, 1.807) is 27.7 Å². The van der Waals surface area contributed by atoms with Gasteiger partial charge in [0.1, 0.15) is 6.33 Å². The Balaban J connectivity index is 2.15. The second-order valence-corrected chi connectivity index (χ2v) is 4.67. The van der Waals surface area contributed by atoms with E-state index >= 15 is 0 Å². The lowest BCUT2D eigenvalue weighted by Crippen LogP contribution is -2.01. The van der Waals surface area contributed by atoms with Gasteiger partial charge < -0.3 is 18.8 Å². The van der Waals surface area contributed by atoms with Gasteiger partial charge in [0.15, 0.2) is 17.3 Å². The van der Waals surface area contributed by atoms with Crippen molar-refractivity contribution in [2.45, 2.75) is 18.9 Å². The second-order valence-electron chi connectivity index (χ2n) is 4.67. The predicted octanol–water partition coefficient (Wildman–Crippen LogP) is 2.31. The van der Waals surface area contributed by atoms with Crippen LogP contribution in [0.15, 0.2) is 18.5 Å². The van der Waals surface area contributed by atoms with E-state index < -0.39 is 0 Å². The Hall–Kier alpha value is -2.24. The summed E-state index contributed by atoms with van der Waals surface area (Å²) in [6, 6.07) is 4.27. The van der Waals surface area contributed by atoms with Crippen molar-refractivity contribution in [2.75, 3.05) is 21.3 Å². The molecule has 0 saturated heterocycles. The van der Waals surface area contributed by atoms with Crippen molar-refractivity contribution in [3.8, 4) is 28.6 Å². The fourth-order valence-corrected chi connectivity index (χ4v) is 2.33. The summed E-state index contributed by atoms with van der Waals surface area (Å²) in [7, 11) is 4.80. The van der Waals surface area contributed by atoms with Gasteiger partial charge in [-0.05, 0) is 25.0 Å². The van der Waals surface area contributed by atoms with E-state index in [-0.39, 0.29) is 0 Å². The van der Waals surface area contributed by atoms with Crippen molar-refractivity contribution < 1.29 is 14.2 Å². The molecule has 6 nitrogen and oxygen atoms in total. The molecular weight excluding hydrogens is 258 g/mol. The van der Waals surface area contributed by atoms with E-state index in [9.17, 15) is 0 Å². The maximum atomic E-state index is 5.50. The molecule has 0 atom stereocenters. The summed E-state index contributed by atoms with van der Waals surface area (Å²) in [5.41, 5.74) is 0.856. The first-order chi connectivity index (χ1) is 9.80. The summed E-state index contributed by atoms with van der Waals surface area (Å²) in [5.74, 6) is 2.61. The molecule has 2 aromatic rings. The first-order valence-electron chi connectivity index (χ1n) is 6.49. The Labute approximate surface area is 117 Å². The number of rotatable bonds is 5. The molecule has 1 aromatic heterocycles. The van der Waals surface area contributed by atoms with Gasteiger partial charge in [0.25, 0.3) is 0 Å². The Morgan fingerprint density at radius 2 is 1.80 bits per heavy atom. The van der Waals surface area contributed by atoms with E-state index in [0.717, 1.165) is 11.4 Å². The van der Waals surface area contributed by atoms with Gasteiger partial charge >= 0.3 is 0 Å². The van der Waals surface area contributed by atoms with Crippen LogP contribution in [0, 0.1) is 0 Å². The SMILES string of the molecule is COc1ccc(-c2nncn2C2CC2)c(OC)c1OC. The van der Waals surface area contributed by atoms with Gasteiger partial charge in [-0.3, -0.25) is 0 Å². The van der Waals surface area contributed by atoms with Crippen molar-refractivity contribution in [2.24, 2.45) is 0 Å². The highest BCUT2D eigenvalue weighted by molar-refractivity contribution is 5.72. The zero-order chi connectivity index (χ0) is 14.1. The standard InChI is InChI=1S/C14H17N3O3/c1-18-11-7-6-10(12(19-2)13(11)20-3)14-16-15-8-17(14)9-4-5-9/h6-9H,4-5H2,1-3H3. The molecule has 1 saturated carbocycles. The lowest BCUT2D eigenvalue weighted by Gasteiger charge is -2.15. The van der Waals surface area contributed by atoms with Crippen molar-refractivity contribution in [1.82, 2.24) is 14.8 Å². The lowest BCUT2D eigenvalue weighted by atomic mass is 10.1. The first kappa shape index (κ1) is 12.8. The average Bonchev–Trinajstić information content (AvgIpc) is 3.22. The molecule has 1 aliphatic carbocycles. The van der Waals surface area contributed by atoms with E-state index in [4.69, 9.17) is 14.2 Å². The fraction of sp³-hybridized carbons (Fsp3) is 0.429. The van der Waals surface area contributed by atoms with Gasteiger partial charge in [0, 0.05) is 6.04 Å². The highest BCUT2D eigenvalue weighted by atomic mass is 16.5. The van der Waals surface area contributed by atoms with Crippen LogP contribution >= 0.6 is 0 Å². The normalized spacial score (nSPS) is 14.2. The minimum Gasteiger partial charge on any atom is -0.493 e. The number of hydrogen-bond donors (Lipinski definition) is 0. The van der Waals surface area contributed by atoms with Crippen LogP contribution in [0.25, 0.3) is 11.4 Å². The van der Waals surface area contributed by atoms with Gasteiger partial charge in [0.2, 0.25) is 5.75 Å². The summed E-state index contributed by atoms with van der Waals surface area (Å²) in [6.07, 6.45) is 4.10. The number of hydrogen-bond acceptors (Lipinski definition) is 5. The summed E-state index contributed by atoms with van der Waals surface area (Å²) < 4.78 is 18.3. The zero-order valence-corrected chi connectivity index (χ0v) is 11.8. The Morgan fingerprint density at radius 3 is 2.40 bits per heavy atom. The molecule has 0 radical (unpaired) electrons. The fourth-order valence-electron chi connectivity index (χ4n) is 2.33. The molecule has 6 heteroatoms.